The number of hydrogen-bond acceptors (Lipinski definition) is 3. The first-order valence-corrected chi connectivity index (χ1v) is 11.1. The first kappa shape index (κ1) is 23.0. The molecule has 3 aromatic carbocycles. The normalized spacial score (nSPS) is 17.4. The molecule has 5 nitrogen and oxygen atoms in total. The highest BCUT2D eigenvalue weighted by Crippen LogP contribution is 2.43. The second kappa shape index (κ2) is 9.73. The lowest BCUT2D eigenvalue weighted by molar-refractivity contribution is -0.119. The maximum atomic E-state index is 13.4. The van der Waals surface area contributed by atoms with Crippen LogP contribution in [0.25, 0.3) is 0 Å². The van der Waals surface area contributed by atoms with E-state index >= 15 is 0 Å². The number of nitrogens with zero attached hydrogens (tertiary/aromatic N) is 2. The van der Waals surface area contributed by atoms with E-state index in [1.54, 1.807) is 21.9 Å². The van der Waals surface area contributed by atoms with E-state index in [9.17, 15) is 14.0 Å². The molecule has 0 radical (unpaired) electrons. The Bertz CT molecular complexity index is 1150. The maximum absolute atomic E-state index is 13.4. The lowest BCUT2D eigenvalue weighted by atomic mass is 9.92. The Hall–Kier alpha value is -3.22. The van der Waals surface area contributed by atoms with Gasteiger partial charge in [0.1, 0.15) is 12.0 Å². The van der Waals surface area contributed by atoms with Crippen LogP contribution in [0, 0.1) is 5.82 Å². The van der Waals surface area contributed by atoms with Crippen molar-refractivity contribution in [3.05, 3.63) is 94.8 Å². The Kier molecular flexibility index (Phi) is 6.77. The Morgan fingerprint density at radius 2 is 1.73 bits per heavy atom. The van der Waals surface area contributed by atoms with Gasteiger partial charge < -0.3 is 9.64 Å². The number of carbonyl (C=O) groups is 2. The molecule has 1 aliphatic rings. The average molecular weight is 467 g/mol. The summed E-state index contributed by atoms with van der Waals surface area (Å²) >= 11 is 6.07. The molecule has 7 heteroatoms. The zero-order chi connectivity index (χ0) is 23.5. The molecule has 1 aliphatic heterocycles. The van der Waals surface area contributed by atoms with Gasteiger partial charge in [0.25, 0.3) is 5.91 Å². The number of rotatable bonds is 5. The first-order chi connectivity index (χ1) is 15.9. The number of methoxy groups -OCH3 is 1. The molecule has 170 valence electrons. The van der Waals surface area contributed by atoms with E-state index in [2.05, 4.69) is 0 Å². The number of carbonyl (C=O) groups excluding carboxylic acids is 2. The highest BCUT2D eigenvalue weighted by atomic mass is 35.5. The second-order valence-electron chi connectivity index (χ2n) is 7.78. The number of fused-ring (bicyclic) bond motifs is 1. The molecule has 0 saturated carbocycles. The van der Waals surface area contributed by atoms with E-state index in [0.29, 0.717) is 29.1 Å². The molecule has 2 unspecified atom stereocenters. The van der Waals surface area contributed by atoms with Crippen molar-refractivity contribution in [1.29, 1.82) is 0 Å². The van der Waals surface area contributed by atoms with E-state index in [1.165, 1.54) is 31.4 Å². The van der Waals surface area contributed by atoms with Crippen LogP contribution in [0.5, 0.6) is 0 Å². The standard InChI is InChI=1S/C26H24ClFN2O3/c1-3-24(31)29(20-14-10-18(27)11-15-20)23-16-25(33-2)30(22-7-5-4-6-21(22)23)26(32)17-8-12-19(28)13-9-17/h4-15,23,25H,3,16H2,1-2H3. The van der Waals surface area contributed by atoms with Crippen LogP contribution in [0.3, 0.4) is 0 Å². The van der Waals surface area contributed by atoms with Gasteiger partial charge in [0.2, 0.25) is 5.91 Å². The van der Waals surface area contributed by atoms with Crippen molar-refractivity contribution in [2.24, 2.45) is 0 Å². The molecule has 33 heavy (non-hydrogen) atoms. The van der Waals surface area contributed by atoms with E-state index in [-0.39, 0.29) is 17.9 Å². The minimum Gasteiger partial charge on any atom is -0.361 e. The summed E-state index contributed by atoms with van der Waals surface area (Å²) in [4.78, 5) is 29.9. The maximum Gasteiger partial charge on any atom is 0.260 e. The third kappa shape index (κ3) is 4.49. The van der Waals surface area contributed by atoms with Crippen molar-refractivity contribution in [3.63, 3.8) is 0 Å². The van der Waals surface area contributed by atoms with Crippen molar-refractivity contribution in [2.75, 3.05) is 16.9 Å². The van der Waals surface area contributed by atoms with Gasteiger partial charge in [-0.2, -0.15) is 0 Å². The lowest BCUT2D eigenvalue weighted by Crippen LogP contribution is -2.49. The second-order valence-corrected chi connectivity index (χ2v) is 8.21. The fourth-order valence-corrected chi connectivity index (χ4v) is 4.38. The van der Waals surface area contributed by atoms with E-state index < -0.39 is 12.0 Å². The summed E-state index contributed by atoms with van der Waals surface area (Å²) in [5.74, 6) is -0.761. The predicted octanol–water partition coefficient (Wildman–Crippen LogP) is 5.99. The third-order valence-electron chi connectivity index (χ3n) is 5.84. The van der Waals surface area contributed by atoms with Crippen molar-refractivity contribution in [2.45, 2.75) is 32.0 Å². The monoisotopic (exact) mass is 466 g/mol. The largest absolute Gasteiger partial charge is 0.361 e. The molecule has 1 heterocycles. The fraction of sp³-hybridized carbons (Fsp3) is 0.231. The van der Waals surface area contributed by atoms with E-state index in [1.807, 2.05) is 43.3 Å². The zero-order valence-corrected chi connectivity index (χ0v) is 19.1. The number of halogens is 2. The molecule has 2 atom stereocenters. The van der Waals surface area contributed by atoms with Gasteiger partial charge in [0.05, 0.1) is 11.7 Å². The Morgan fingerprint density at radius 1 is 1.06 bits per heavy atom. The van der Waals surface area contributed by atoms with Crippen LogP contribution in [-0.2, 0) is 9.53 Å². The summed E-state index contributed by atoms with van der Waals surface area (Å²) in [7, 11) is 1.54. The molecule has 0 spiro atoms. The fourth-order valence-electron chi connectivity index (χ4n) is 4.25. The molecular formula is C26H24ClFN2O3. The highest BCUT2D eigenvalue weighted by molar-refractivity contribution is 6.30. The van der Waals surface area contributed by atoms with Crippen molar-refractivity contribution in [3.8, 4) is 0 Å². The van der Waals surface area contributed by atoms with Gasteiger partial charge in [-0.3, -0.25) is 14.5 Å². The van der Waals surface area contributed by atoms with Gasteiger partial charge in [-0.05, 0) is 60.2 Å². The topological polar surface area (TPSA) is 49.9 Å². The Labute approximate surface area is 197 Å². The number of hydrogen-bond donors (Lipinski definition) is 0. The molecule has 3 aromatic rings. The lowest BCUT2D eigenvalue weighted by Gasteiger charge is -2.44. The minimum atomic E-state index is -0.623. The summed E-state index contributed by atoms with van der Waals surface area (Å²) in [6.45, 7) is 1.82. The summed E-state index contributed by atoms with van der Waals surface area (Å²) in [6.07, 6.45) is 0.0633. The summed E-state index contributed by atoms with van der Waals surface area (Å²) in [5.41, 5.74) is 2.56. The molecule has 0 aliphatic carbocycles. The zero-order valence-electron chi connectivity index (χ0n) is 18.4. The smallest absolute Gasteiger partial charge is 0.260 e. The molecular weight excluding hydrogens is 443 g/mol. The number of amides is 2. The van der Waals surface area contributed by atoms with Crippen molar-refractivity contribution >= 4 is 34.8 Å². The average Bonchev–Trinajstić information content (AvgIpc) is 2.84. The third-order valence-corrected chi connectivity index (χ3v) is 6.09. The number of anilines is 2. The van der Waals surface area contributed by atoms with Crippen LogP contribution in [0.4, 0.5) is 15.8 Å². The van der Waals surface area contributed by atoms with Crippen molar-refractivity contribution < 1.29 is 18.7 Å². The number of ether oxygens (including phenoxy) is 1. The van der Waals surface area contributed by atoms with Gasteiger partial charge in [0, 0.05) is 36.2 Å². The number of para-hydroxylation sites is 1. The molecule has 2 amide bonds. The van der Waals surface area contributed by atoms with Crippen LogP contribution in [0.2, 0.25) is 5.02 Å². The summed E-state index contributed by atoms with van der Waals surface area (Å²) in [6, 6.07) is 19.7. The SMILES string of the molecule is CCC(=O)N(c1ccc(Cl)cc1)C1CC(OC)N(C(=O)c2ccc(F)cc2)c2ccccc21. The predicted molar refractivity (Wildman–Crippen MR) is 127 cm³/mol. The van der Waals surface area contributed by atoms with Crippen LogP contribution < -0.4 is 9.80 Å². The van der Waals surface area contributed by atoms with Crippen molar-refractivity contribution in [1.82, 2.24) is 0 Å². The molecule has 0 saturated heterocycles. The van der Waals surface area contributed by atoms with Gasteiger partial charge >= 0.3 is 0 Å². The van der Waals surface area contributed by atoms with Crippen LogP contribution >= 0.6 is 11.6 Å². The molecule has 4 rings (SSSR count). The van der Waals surface area contributed by atoms with Crippen LogP contribution in [0.15, 0.2) is 72.8 Å². The molecule has 0 bridgehead atoms. The van der Waals surface area contributed by atoms with Gasteiger partial charge in [0.15, 0.2) is 0 Å². The quantitative estimate of drug-likeness (QED) is 0.464. The minimum absolute atomic E-state index is 0.0507. The molecule has 0 aromatic heterocycles. The molecule has 0 fully saturated rings. The van der Waals surface area contributed by atoms with Gasteiger partial charge in [-0.15, -0.1) is 0 Å². The highest BCUT2D eigenvalue weighted by Gasteiger charge is 2.40. The van der Waals surface area contributed by atoms with Gasteiger partial charge in [-0.1, -0.05) is 36.7 Å². The van der Waals surface area contributed by atoms with Gasteiger partial charge in [-0.25, -0.2) is 4.39 Å². The van der Waals surface area contributed by atoms with Crippen LogP contribution in [0.1, 0.15) is 41.7 Å². The Morgan fingerprint density at radius 3 is 2.36 bits per heavy atom. The summed E-state index contributed by atoms with van der Waals surface area (Å²) < 4.78 is 19.2. The molecule has 0 N–H and O–H groups in total. The van der Waals surface area contributed by atoms with E-state index in [0.717, 1.165) is 11.3 Å². The number of benzene rings is 3. The first-order valence-electron chi connectivity index (χ1n) is 10.7. The van der Waals surface area contributed by atoms with Crippen LogP contribution in [-0.4, -0.2) is 25.2 Å². The van der Waals surface area contributed by atoms with E-state index in [4.69, 9.17) is 16.3 Å². The Balaban J connectivity index is 1.81. The summed E-state index contributed by atoms with van der Waals surface area (Å²) in [5, 5.41) is 0.581.